The molecule has 1 unspecified atom stereocenters. The van der Waals surface area contributed by atoms with E-state index in [0.29, 0.717) is 35.4 Å². The summed E-state index contributed by atoms with van der Waals surface area (Å²) in [6.45, 7) is 1.37. The topological polar surface area (TPSA) is 166 Å². The van der Waals surface area contributed by atoms with E-state index >= 15 is 0 Å². The first kappa shape index (κ1) is 32.1. The summed E-state index contributed by atoms with van der Waals surface area (Å²) in [5.41, 5.74) is 9.63. The molecule has 46 heavy (non-hydrogen) atoms. The third-order valence-electron chi connectivity index (χ3n) is 7.83. The smallest absolute Gasteiger partial charge is 0.309 e. The molecule has 1 aliphatic heterocycles. The lowest BCUT2D eigenvalue weighted by Gasteiger charge is -2.21. The number of nitrogens with two attached hydrogens (primary N) is 1. The van der Waals surface area contributed by atoms with Crippen LogP contribution in [0.3, 0.4) is 0 Å². The number of fused-ring (bicyclic) bond motifs is 1. The van der Waals surface area contributed by atoms with Crippen LogP contribution in [0.1, 0.15) is 47.4 Å². The second-order valence-electron chi connectivity index (χ2n) is 10.9. The highest BCUT2D eigenvalue weighted by Gasteiger charge is 2.22. The molecule has 13 heteroatoms. The normalized spacial score (nSPS) is 14.7. The predicted molar refractivity (Wildman–Crippen MR) is 174 cm³/mol. The molecule has 4 N–H and O–H groups in total. The molecule has 240 valence electrons. The number of carbonyl (C=O) groups is 3. The number of aromatic nitrogens is 3. The molecule has 0 radical (unpaired) electrons. The van der Waals surface area contributed by atoms with Crippen LogP contribution in [-0.4, -0.2) is 71.2 Å². The first-order valence-corrected chi connectivity index (χ1v) is 15.1. The van der Waals surface area contributed by atoms with Gasteiger partial charge in [-0.15, -0.1) is 0 Å². The molecule has 3 heterocycles. The van der Waals surface area contributed by atoms with Gasteiger partial charge in [-0.05, 0) is 74.0 Å². The van der Waals surface area contributed by atoms with E-state index in [2.05, 4.69) is 20.6 Å². The minimum Gasteiger partial charge on any atom is -0.469 e. The van der Waals surface area contributed by atoms with E-state index in [9.17, 15) is 14.4 Å². The lowest BCUT2D eigenvalue weighted by Crippen LogP contribution is -2.33. The van der Waals surface area contributed by atoms with E-state index in [1.54, 1.807) is 36.5 Å². The lowest BCUT2D eigenvalue weighted by molar-refractivity contribution is -0.144. The van der Waals surface area contributed by atoms with Crippen LogP contribution in [0.4, 0.5) is 11.5 Å². The van der Waals surface area contributed by atoms with Crippen molar-refractivity contribution >= 4 is 46.2 Å². The summed E-state index contributed by atoms with van der Waals surface area (Å²) >= 11 is 0. The summed E-state index contributed by atoms with van der Waals surface area (Å²) in [4.78, 5) is 52.1. The van der Waals surface area contributed by atoms with Gasteiger partial charge in [-0.3, -0.25) is 19.3 Å². The van der Waals surface area contributed by atoms with E-state index < -0.39 is 5.97 Å². The summed E-state index contributed by atoms with van der Waals surface area (Å²) in [6, 6.07) is 18.2. The van der Waals surface area contributed by atoms with Gasteiger partial charge in [0.2, 0.25) is 0 Å². The Kier molecular flexibility index (Phi) is 10.6. The molecule has 0 spiro atoms. The number of nitrogens with zero attached hydrogens (tertiary/aromatic N) is 5. The third kappa shape index (κ3) is 8.04. The van der Waals surface area contributed by atoms with E-state index in [-0.39, 0.29) is 43.5 Å². The van der Waals surface area contributed by atoms with E-state index in [1.165, 1.54) is 12.0 Å². The molecule has 1 amide bonds. The summed E-state index contributed by atoms with van der Waals surface area (Å²) in [5, 5.41) is 6.64. The number of amidine groups is 1. The number of rotatable bonds is 13. The minimum atomic E-state index is -0.414. The molecule has 4 aromatic rings. The van der Waals surface area contributed by atoms with Crippen LogP contribution in [0.25, 0.3) is 11.0 Å². The molecule has 1 fully saturated rings. The van der Waals surface area contributed by atoms with E-state index in [0.717, 1.165) is 36.4 Å². The number of aliphatic imine (C=N–C) groups is 1. The van der Waals surface area contributed by atoms with Crippen molar-refractivity contribution in [2.45, 2.75) is 38.3 Å². The van der Waals surface area contributed by atoms with Gasteiger partial charge in [0.05, 0.1) is 37.5 Å². The van der Waals surface area contributed by atoms with Gasteiger partial charge in [0, 0.05) is 42.6 Å². The Hall–Kier alpha value is -5.30. The van der Waals surface area contributed by atoms with Crippen LogP contribution in [0.2, 0.25) is 0 Å². The molecule has 1 atom stereocenters. The number of pyridine rings is 1. The van der Waals surface area contributed by atoms with Crippen molar-refractivity contribution in [1.29, 1.82) is 0 Å². The number of benzene rings is 2. The molecule has 0 saturated carbocycles. The Morgan fingerprint density at radius 2 is 1.91 bits per heavy atom. The maximum Gasteiger partial charge on any atom is 0.309 e. The molecule has 2 aromatic carbocycles. The number of aryl methyl sites for hydroxylation is 1. The van der Waals surface area contributed by atoms with Crippen molar-refractivity contribution in [2.24, 2.45) is 17.8 Å². The minimum absolute atomic E-state index is 0.0364. The van der Waals surface area contributed by atoms with Gasteiger partial charge in [-0.2, -0.15) is 0 Å². The number of hydrogen-bond acceptors (Lipinski definition) is 10. The largest absolute Gasteiger partial charge is 0.469 e. The lowest BCUT2D eigenvalue weighted by atomic mass is 10.1. The third-order valence-corrected chi connectivity index (χ3v) is 7.83. The second kappa shape index (κ2) is 15.1. The van der Waals surface area contributed by atoms with Crippen LogP contribution in [0.5, 0.6) is 0 Å². The molecule has 5 rings (SSSR count). The first-order valence-electron chi connectivity index (χ1n) is 15.1. The standard InChI is InChI=1S/C33H38N8O5/c1-40-27-13-10-23(33(44)41(17-14-30(42)45-2)28-7-3-4-15-36-28)18-26(27)39-29(40)20-37-24-11-8-22(9-12-24)32(34)38-21-46-31(43)19-25-6-5-16-35-25/h3-4,7-13,15,18,25,35,37H,5-6,14,16-17,19-21H2,1-2H3,(H2,34,38). The number of hydrogen-bond donors (Lipinski definition) is 3. The van der Waals surface area contributed by atoms with Crippen LogP contribution in [0.15, 0.2) is 71.9 Å². The Morgan fingerprint density at radius 3 is 2.63 bits per heavy atom. The molecule has 1 saturated heterocycles. The summed E-state index contributed by atoms with van der Waals surface area (Å²) in [5.74, 6) is 0.497. The van der Waals surface area contributed by atoms with Crippen LogP contribution < -0.4 is 21.3 Å². The van der Waals surface area contributed by atoms with E-state index in [1.807, 2.05) is 41.9 Å². The fourth-order valence-corrected chi connectivity index (χ4v) is 5.23. The Bertz CT molecular complexity index is 1700. The summed E-state index contributed by atoms with van der Waals surface area (Å²) < 4.78 is 11.9. The molecular formula is C33H38N8O5. The number of imidazole rings is 1. The van der Waals surface area contributed by atoms with E-state index in [4.69, 9.17) is 20.2 Å². The average Bonchev–Trinajstić information content (AvgIpc) is 3.71. The van der Waals surface area contributed by atoms with Crippen molar-refractivity contribution in [3.63, 3.8) is 0 Å². The molecule has 2 aromatic heterocycles. The van der Waals surface area contributed by atoms with Crippen LogP contribution in [-0.2, 0) is 32.7 Å². The van der Waals surface area contributed by atoms with Gasteiger partial charge < -0.3 is 30.4 Å². The molecule has 0 aliphatic carbocycles. The molecule has 13 nitrogen and oxygen atoms in total. The van der Waals surface area contributed by atoms with Gasteiger partial charge in [0.1, 0.15) is 17.5 Å². The van der Waals surface area contributed by atoms with Crippen molar-refractivity contribution < 1.29 is 23.9 Å². The van der Waals surface area contributed by atoms with Crippen molar-refractivity contribution in [1.82, 2.24) is 19.9 Å². The zero-order valence-corrected chi connectivity index (χ0v) is 25.9. The average molecular weight is 627 g/mol. The first-order chi connectivity index (χ1) is 22.3. The summed E-state index contributed by atoms with van der Waals surface area (Å²) in [7, 11) is 3.23. The SMILES string of the molecule is COC(=O)CCN(C(=O)c1ccc2c(c1)nc(CNc1ccc(/C(N)=N/COC(=O)CC3CCCN3)cc1)n2C)c1ccccn1. The number of anilines is 2. The number of esters is 2. The Labute approximate surface area is 266 Å². The van der Waals surface area contributed by atoms with Gasteiger partial charge >= 0.3 is 11.9 Å². The molecular weight excluding hydrogens is 588 g/mol. The number of ether oxygens (including phenoxy) is 2. The fraction of sp³-hybridized carbons (Fsp3) is 0.333. The Balaban J connectivity index is 1.20. The zero-order valence-electron chi connectivity index (χ0n) is 25.9. The highest BCUT2D eigenvalue weighted by Crippen LogP contribution is 2.21. The van der Waals surface area contributed by atoms with Gasteiger partial charge in [0.15, 0.2) is 6.73 Å². The van der Waals surface area contributed by atoms with Crippen molar-refractivity contribution in [3.8, 4) is 0 Å². The maximum atomic E-state index is 13.6. The van der Waals surface area contributed by atoms with Gasteiger partial charge in [0.25, 0.3) is 5.91 Å². The highest BCUT2D eigenvalue weighted by atomic mass is 16.5. The van der Waals surface area contributed by atoms with Crippen molar-refractivity contribution in [2.75, 3.05) is 37.1 Å². The summed E-state index contributed by atoms with van der Waals surface area (Å²) in [6.07, 6.45) is 4.02. The Morgan fingerprint density at radius 1 is 1.11 bits per heavy atom. The van der Waals surface area contributed by atoms with Gasteiger partial charge in [-0.25, -0.2) is 15.0 Å². The van der Waals surface area contributed by atoms with Crippen LogP contribution >= 0.6 is 0 Å². The number of carbonyl (C=O) groups excluding carboxylic acids is 3. The quantitative estimate of drug-likeness (QED) is 0.114. The monoisotopic (exact) mass is 626 g/mol. The highest BCUT2D eigenvalue weighted by molar-refractivity contribution is 6.07. The number of methoxy groups -OCH3 is 1. The van der Waals surface area contributed by atoms with Gasteiger partial charge in [-0.1, -0.05) is 6.07 Å². The predicted octanol–water partition coefficient (Wildman–Crippen LogP) is 3.14. The van der Waals surface area contributed by atoms with Crippen molar-refractivity contribution in [3.05, 3.63) is 83.8 Å². The molecule has 0 bridgehead atoms. The molecule has 1 aliphatic rings. The maximum absolute atomic E-state index is 13.6. The second-order valence-corrected chi connectivity index (χ2v) is 10.9. The van der Waals surface area contributed by atoms with Crippen LogP contribution in [0, 0.1) is 0 Å². The number of nitrogens with one attached hydrogen (secondary N) is 2. The fourth-order valence-electron chi connectivity index (χ4n) is 5.23. The number of amides is 1. The zero-order chi connectivity index (χ0) is 32.5.